The van der Waals surface area contributed by atoms with Crippen LogP contribution in [0.2, 0.25) is 0 Å². The molecule has 1 saturated heterocycles. The number of hydrogen-bond acceptors (Lipinski definition) is 6. The van der Waals surface area contributed by atoms with Crippen molar-refractivity contribution in [3.63, 3.8) is 0 Å². The zero-order valence-corrected chi connectivity index (χ0v) is 18.7. The Hall–Kier alpha value is -4.33. The number of ketones is 1. The van der Waals surface area contributed by atoms with Crippen LogP contribution in [0.4, 0.5) is 10.1 Å². The van der Waals surface area contributed by atoms with E-state index in [0.717, 1.165) is 6.07 Å². The zero-order valence-electron chi connectivity index (χ0n) is 18.7. The summed E-state index contributed by atoms with van der Waals surface area (Å²) >= 11 is 0. The van der Waals surface area contributed by atoms with Gasteiger partial charge in [0.05, 0.1) is 32.9 Å². The van der Waals surface area contributed by atoms with E-state index in [1.165, 1.54) is 44.4 Å². The highest BCUT2D eigenvalue weighted by Crippen LogP contribution is 2.45. The Morgan fingerprint density at radius 1 is 0.882 bits per heavy atom. The van der Waals surface area contributed by atoms with Gasteiger partial charge in [-0.1, -0.05) is 24.3 Å². The van der Waals surface area contributed by atoms with Crippen LogP contribution in [0.25, 0.3) is 5.76 Å². The molecular formula is C26H22FNO6. The summed E-state index contributed by atoms with van der Waals surface area (Å²) in [5.74, 6) is -1.79. The Labute approximate surface area is 195 Å². The number of anilines is 1. The minimum atomic E-state index is -1.04. The molecule has 0 aromatic heterocycles. The van der Waals surface area contributed by atoms with Gasteiger partial charge in [-0.25, -0.2) is 4.39 Å². The van der Waals surface area contributed by atoms with E-state index in [-0.39, 0.29) is 28.3 Å². The molecule has 0 spiro atoms. The maximum Gasteiger partial charge on any atom is 0.300 e. The van der Waals surface area contributed by atoms with Gasteiger partial charge in [0.15, 0.2) is 0 Å². The Morgan fingerprint density at radius 2 is 1.50 bits per heavy atom. The van der Waals surface area contributed by atoms with Gasteiger partial charge in [0, 0.05) is 5.69 Å². The first kappa shape index (κ1) is 22.8. The highest BCUT2D eigenvalue weighted by molar-refractivity contribution is 6.51. The van der Waals surface area contributed by atoms with Crippen LogP contribution in [0.5, 0.6) is 17.2 Å². The number of benzene rings is 3. The van der Waals surface area contributed by atoms with Crippen molar-refractivity contribution in [1.29, 1.82) is 0 Å². The molecule has 1 fully saturated rings. The molecule has 1 heterocycles. The smallest absolute Gasteiger partial charge is 0.300 e. The lowest BCUT2D eigenvalue weighted by atomic mass is 9.94. The maximum absolute atomic E-state index is 14.1. The van der Waals surface area contributed by atoms with Crippen LogP contribution in [0, 0.1) is 5.82 Å². The first-order valence-corrected chi connectivity index (χ1v) is 10.3. The summed E-state index contributed by atoms with van der Waals surface area (Å²) in [5.41, 5.74) is 0.638. The van der Waals surface area contributed by atoms with E-state index < -0.39 is 29.3 Å². The fourth-order valence-electron chi connectivity index (χ4n) is 4.05. The number of carbonyl (C=O) groups excluding carboxylic acids is 2. The molecule has 1 aliphatic heterocycles. The van der Waals surface area contributed by atoms with Crippen molar-refractivity contribution in [2.75, 3.05) is 26.2 Å². The fraction of sp³-hybridized carbons (Fsp3) is 0.154. The minimum Gasteiger partial charge on any atom is -0.506 e. The molecule has 1 unspecified atom stereocenters. The lowest BCUT2D eigenvalue weighted by molar-refractivity contribution is -0.132. The van der Waals surface area contributed by atoms with E-state index in [1.807, 2.05) is 0 Å². The molecule has 3 aromatic rings. The van der Waals surface area contributed by atoms with Crippen molar-refractivity contribution in [2.24, 2.45) is 0 Å². The molecule has 0 aliphatic carbocycles. The average Bonchev–Trinajstić information content (AvgIpc) is 3.13. The molecule has 8 heteroatoms. The highest BCUT2D eigenvalue weighted by Gasteiger charge is 2.47. The van der Waals surface area contributed by atoms with Gasteiger partial charge >= 0.3 is 0 Å². The van der Waals surface area contributed by atoms with Crippen molar-refractivity contribution in [3.05, 3.63) is 89.2 Å². The lowest BCUT2D eigenvalue weighted by Gasteiger charge is -2.26. The molecule has 174 valence electrons. The van der Waals surface area contributed by atoms with Gasteiger partial charge in [0.2, 0.25) is 0 Å². The van der Waals surface area contributed by atoms with Crippen LogP contribution < -0.4 is 19.1 Å². The molecule has 1 aliphatic rings. The number of aliphatic hydroxyl groups is 1. The Balaban J connectivity index is 2.00. The number of Topliss-reactive ketones (excluding diaryl/α,β-unsaturated/α-hetero) is 1. The van der Waals surface area contributed by atoms with Crippen LogP contribution in [0.15, 0.2) is 72.3 Å². The third-order valence-corrected chi connectivity index (χ3v) is 5.63. The van der Waals surface area contributed by atoms with E-state index in [4.69, 9.17) is 14.2 Å². The van der Waals surface area contributed by atoms with E-state index >= 15 is 0 Å². The highest BCUT2D eigenvalue weighted by atomic mass is 19.1. The second-order valence-electron chi connectivity index (χ2n) is 7.46. The van der Waals surface area contributed by atoms with Crippen molar-refractivity contribution in [1.82, 2.24) is 0 Å². The SMILES string of the molecule is COc1ccc(C2/C(=C(\O)c3c(OC)cccc3OC)C(=O)C(=O)N2c2cccc(F)c2)cc1. The Kier molecular flexibility index (Phi) is 6.23. The summed E-state index contributed by atoms with van der Waals surface area (Å²) < 4.78 is 30.0. The predicted octanol–water partition coefficient (Wildman–Crippen LogP) is 4.48. The summed E-state index contributed by atoms with van der Waals surface area (Å²) in [6.07, 6.45) is 0. The van der Waals surface area contributed by atoms with Gasteiger partial charge in [-0.15, -0.1) is 0 Å². The quantitative estimate of drug-likeness (QED) is 0.330. The summed E-state index contributed by atoms with van der Waals surface area (Å²) in [7, 11) is 4.34. The number of ether oxygens (including phenoxy) is 3. The standard InChI is InChI=1S/C26H22FNO6/c1-32-18-12-10-15(11-13-18)23-22(24(29)21-19(33-2)8-5-9-20(21)34-3)25(30)26(31)28(23)17-7-4-6-16(27)14-17/h4-14,23,29H,1-3H3/b24-22+. The van der Waals surface area contributed by atoms with Gasteiger partial charge in [-0.3, -0.25) is 14.5 Å². The number of amides is 1. The number of halogens is 1. The van der Waals surface area contributed by atoms with Crippen LogP contribution in [-0.4, -0.2) is 38.1 Å². The summed E-state index contributed by atoms with van der Waals surface area (Å²) in [6.45, 7) is 0. The zero-order chi connectivity index (χ0) is 24.4. The molecular weight excluding hydrogens is 441 g/mol. The summed E-state index contributed by atoms with van der Waals surface area (Å²) in [5, 5.41) is 11.4. The predicted molar refractivity (Wildman–Crippen MR) is 124 cm³/mol. The number of aliphatic hydroxyl groups excluding tert-OH is 1. The molecule has 0 radical (unpaired) electrons. The Morgan fingerprint density at radius 3 is 2.06 bits per heavy atom. The monoisotopic (exact) mass is 463 g/mol. The van der Waals surface area contributed by atoms with Gasteiger partial charge in [-0.05, 0) is 48.0 Å². The molecule has 0 saturated carbocycles. The molecule has 4 rings (SSSR count). The van der Waals surface area contributed by atoms with E-state index in [0.29, 0.717) is 11.3 Å². The molecule has 3 aromatic carbocycles. The number of methoxy groups -OCH3 is 3. The molecule has 1 amide bonds. The third-order valence-electron chi connectivity index (χ3n) is 5.63. The van der Waals surface area contributed by atoms with E-state index in [2.05, 4.69) is 0 Å². The largest absolute Gasteiger partial charge is 0.506 e. The van der Waals surface area contributed by atoms with E-state index in [1.54, 1.807) is 42.5 Å². The van der Waals surface area contributed by atoms with Crippen LogP contribution in [0.1, 0.15) is 17.2 Å². The van der Waals surface area contributed by atoms with Crippen LogP contribution >= 0.6 is 0 Å². The van der Waals surface area contributed by atoms with Crippen molar-refractivity contribution >= 4 is 23.1 Å². The fourth-order valence-corrected chi connectivity index (χ4v) is 4.05. The molecule has 0 bridgehead atoms. The van der Waals surface area contributed by atoms with E-state index in [9.17, 15) is 19.1 Å². The van der Waals surface area contributed by atoms with Crippen molar-refractivity contribution < 1.29 is 33.3 Å². The maximum atomic E-state index is 14.1. The Bertz CT molecular complexity index is 1260. The summed E-state index contributed by atoms with van der Waals surface area (Å²) in [6, 6.07) is 15.9. The van der Waals surface area contributed by atoms with Gasteiger partial charge in [0.25, 0.3) is 11.7 Å². The molecule has 7 nitrogen and oxygen atoms in total. The van der Waals surface area contributed by atoms with Crippen molar-refractivity contribution in [2.45, 2.75) is 6.04 Å². The van der Waals surface area contributed by atoms with Gasteiger partial charge in [0.1, 0.15) is 34.4 Å². The third kappa shape index (κ3) is 3.83. The van der Waals surface area contributed by atoms with Crippen LogP contribution in [-0.2, 0) is 9.59 Å². The number of carbonyl (C=O) groups is 2. The topological polar surface area (TPSA) is 85.3 Å². The second-order valence-corrected chi connectivity index (χ2v) is 7.46. The second kappa shape index (κ2) is 9.27. The minimum absolute atomic E-state index is 0.128. The normalized spacial score (nSPS) is 17.1. The number of hydrogen-bond donors (Lipinski definition) is 1. The number of rotatable bonds is 6. The molecule has 1 N–H and O–H groups in total. The lowest BCUT2D eigenvalue weighted by Crippen LogP contribution is -2.29. The first-order valence-electron chi connectivity index (χ1n) is 10.3. The molecule has 34 heavy (non-hydrogen) atoms. The van der Waals surface area contributed by atoms with Gasteiger partial charge < -0.3 is 19.3 Å². The average molecular weight is 463 g/mol. The molecule has 1 atom stereocenters. The van der Waals surface area contributed by atoms with Crippen molar-refractivity contribution in [3.8, 4) is 17.2 Å². The number of nitrogens with zero attached hydrogens (tertiary/aromatic N) is 1. The van der Waals surface area contributed by atoms with Crippen LogP contribution in [0.3, 0.4) is 0 Å². The van der Waals surface area contributed by atoms with Gasteiger partial charge in [-0.2, -0.15) is 0 Å². The summed E-state index contributed by atoms with van der Waals surface area (Å²) in [4.78, 5) is 27.7. The first-order chi connectivity index (χ1) is 16.4.